The molecule has 0 atom stereocenters. The summed E-state index contributed by atoms with van der Waals surface area (Å²) in [5.74, 6) is -0.766. The van der Waals surface area contributed by atoms with Crippen LogP contribution >= 0.6 is 0 Å². The SMILES string of the molecule is O=C(NCC1=CCCCC1)c1cncc(F)c1. The molecule has 0 unspecified atom stereocenters. The second kappa shape index (κ2) is 5.57. The van der Waals surface area contributed by atoms with Crippen LogP contribution in [0.25, 0.3) is 0 Å². The lowest BCUT2D eigenvalue weighted by Gasteiger charge is -2.13. The molecule has 4 heteroatoms. The van der Waals surface area contributed by atoms with Crippen LogP contribution < -0.4 is 5.32 Å². The largest absolute Gasteiger partial charge is 0.348 e. The zero-order valence-corrected chi connectivity index (χ0v) is 9.58. The number of pyridine rings is 1. The molecule has 17 heavy (non-hydrogen) atoms. The van der Waals surface area contributed by atoms with Crippen LogP contribution in [0.5, 0.6) is 0 Å². The second-order valence-corrected chi connectivity index (χ2v) is 4.18. The van der Waals surface area contributed by atoms with E-state index >= 15 is 0 Å². The molecule has 2 rings (SSSR count). The fourth-order valence-electron chi connectivity index (χ4n) is 1.90. The summed E-state index contributed by atoms with van der Waals surface area (Å²) in [6.07, 6.45) is 9.17. The van der Waals surface area contributed by atoms with Crippen molar-refractivity contribution < 1.29 is 9.18 Å². The van der Waals surface area contributed by atoms with Crippen molar-refractivity contribution in [2.45, 2.75) is 25.7 Å². The first kappa shape index (κ1) is 11.8. The Bertz CT molecular complexity index is 443. The monoisotopic (exact) mass is 234 g/mol. The molecule has 0 saturated heterocycles. The van der Waals surface area contributed by atoms with Crippen LogP contribution in [0.4, 0.5) is 4.39 Å². The molecule has 1 aromatic rings. The van der Waals surface area contributed by atoms with E-state index in [1.54, 1.807) is 0 Å². The third-order valence-corrected chi connectivity index (χ3v) is 2.83. The summed E-state index contributed by atoms with van der Waals surface area (Å²) in [5.41, 5.74) is 1.52. The summed E-state index contributed by atoms with van der Waals surface area (Å²) >= 11 is 0. The molecule has 1 aliphatic carbocycles. The third kappa shape index (κ3) is 3.37. The van der Waals surface area contributed by atoms with Crippen LogP contribution in [-0.4, -0.2) is 17.4 Å². The molecule has 0 saturated carbocycles. The first-order chi connectivity index (χ1) is 8.25. The van der Waals surface area contributed by atoms with Gasteiger partial charge in [-0.3, -0.25) is 9.78 Å². The van der Waals surface area contributed by atoms with E-state index in [1.165, 1.54) is 30.7 Å². The van der Waals surface area contributed by atoms with Crippen LogP contribution in [0, 0.1) is 5.82 Å². The number of nitrogens with zero attached hydrogens (tertiary/aromatic N) is 1. The maximum atomic E-state index is 12.9. The minimum atomic E-state index is -0.491. The van der Waals surface area contributed by atoms with Gasteiger partial charge in [0.15, 0.2) is 0 Å². The van der Waals surface area contributed by atoms with Crippen molar-refractivity contribution >= 4 is 5.91 Å². The van der Waals surface area contributed by atoms with Gasteiger partial charge in [0.2, 0.25) is 0 Å². The molecule has 0 aliphatic heterocycles. The number of aromatic nitrogens is 1. The topological polar surface area (TPSA) is 42.0 Å². The Kier molecular flexibility index (Phi) is 3.85. The fraction of sp³-hybridized carbons (Fsp3) is 0.385. The summed E-state index contributed by atoms with van der Waals surface area (Å²) in [7, 11) is 0. The Morgan fingerprint density at radius 2 is 2.29 bits per heavy atom. The van der Waals surface area contributed by atoms with Crippen LogP contribution in [0.3, 0.4) is 0 Å². The van der Waals surface area contributed by atoms with Gasteiger partial charge in [-0.25, -0.2) is 4.39 Å². The zero-order valence-electron chi connectivity index (χ0n) is 9.58. The molecule has 3 nitrogen and oxygen atoms in total. The summed E-state index contributed by atoms with van der Waals surface area (Å²) in [5, 5.41) is 2.78. The highest BCUT2D eigenvalue weighted by Gasteiger charge is 2.09. The molecule has 0 radical (unpaired) electrons. The Morgan fingerprint density at radius 1 is 1.41 bits per heavy atom. The number of rotatable bonds is 3. The maximum absolute atomic E-state index is 12.9. The van der Waals surface area contributed by atoms with Gasteiger partial charge in [-0.1, -0.05) is 11.6 Å². The lowest BCUT2D eigenvalue weighted by atomic mass is 10.00. The van der Waals surface area contributed by atoms with Gasteiger partial charge in [-0.15, -0.1) is 0 Å². The first-order valence-corrected chi connectivity index (χ1v) is 5.82. The van der Waals surface area contributed by atoms with Gasteiger partial charge in [0.1, 0.15) is 5.82 Å². The summed E-state index contributed by atoms with van der Waals surface area (Å²) in [4.78, 5) is 15.3. The van der Waals surface area contributed by atoms with Gasteiger partial charge < -0.3 is 5.32 Å². The quantitative estimate of drug-likeness (QED) is 0.816. The van der Waals surface area contributed by atoms with Crippen molar-refractivity contribution in [3.63, 3.8) is 0 Å². The van der Waals surface area contributed by atoms with Gasteiger partial charge in [-0.2, -0.15) is 0 Å². The van der Waals surface area contributed by atoms with E-state index in [1.807, 2.05) is 0 Å². The normalized spacial score (nSPS) is 15.2. The summed E-state index contributed by atoms with van der Waals surface area (Å²) < 4.78 is 12.9. The molecular weight excluding hydrogens is 219 g/mol. The zero-order chi connectivity index (χ0) is 12.1. The number of carbonyl (C=O) groups excluding carboxylic acids is 1. The highest BCUT2D eigenvalue weighted by atomic mass is 19.1. The van der Waals surface area contributed by atoms with Gasteiger partial charge in [0.05, 0.1) is 11.8 Å². The molecule has 0 aromatic carbocycles. The molecule has 0 fully saturated rings. The molecule has 0 spiro atoms. The van der Waals surface area contributed by atoms with E-state index in [0.29, 0.717) is 6.54 Å². The highest BCUT2D eigenvalue weighted by molar-refractivity contribution is 5.93. The van der Waals surface area contributed by atoms with E-state index in [4.69, 9.17) is 0 Å². The smallest absolute Gasteiger partial charge is 0.253 e. The molecule has 90 valence electrons. The summed E-state index contributed by atoms with van der Waals surface area (Å²) in [6, 6.07) is 1.19. The predicted octanol–water partition coefficient (Wildman–Crippen LogP) is 2.45. The lowest BCUT2D eigenvalue weighted by Crippen LogP contribution is -2.26. The third-order valence-electron chi connectivity index (χ3n) is 2.83. The van der Waals surface area contributed by atoms with E-state index < -0.39 is 5.82 Å². The average molecular weight is 234 g/mol. The van der Waals surface area contributed by atoms with Crippen molar-refractivity contribution in [2.24, 2.45) is 0 Å². The standard InChI is InChI=1S/C13H15FN2O/c14-12-6-11(8-15-9-12)13(17)16-7-10-4-2-1-3-5-10/h4,6,8-9H,1-3,5,7H2,(H,16,17). The van der Waals surface area contributed by atoms with Gasteiger partial charge in [0.25, 0.3) is 5.91 Å². The number of amides is 1. The number of carbonyl (C=O) groups is 1. The second-order valence-electron chi connectivity index (χ2n) is 4.18. The number of hydrogen-bond donors (Lipinski definition) is 1. The molecule has 1 N–H and O–H groups in total. The van der Waals surface area contributed by atoms with Crippen LogP contribution in [0.2, 0.25) is 0 Å². The Morgan fingerprint density at radius 3 is 3.00 bits per heavy atom. The van der Waals surface area contributed by atoms with E-state index in [2.05, 4.69) is 16.4 Å². The number of halogens is 1. The maximum Gasteiger partial charge on any atom is 0.253 e. The molecule has 0 bridgehead atoms. The van der Waals surface area contributed by atoms with Crippen molar-refractivity contribution in [3.05, 3.63) is 41.5 Å². The fourth-order valence-corrected chi connectivity index (χ4v) is 1.90. The van der Waals surface area contributed by atoms with Crippen molar-refractivity contribution in [1.82, 2.24) is 10.3 Å². The molecule has 1 aliphatic rings. The Labute approximate surface area is 99.8 Å². The number of hydrogen-bond acceptors (Lipinski definition) is 2. The minimum Gasteiger partial charge on any atom is -0.348 e. The van der Waals surface area contributed by atoms with Gasteiger partial charge >= 0.3 is 0 Å². The van der Waals surface area contributed by atoms with Crippen molar-refractivity contribution in [2.75, 3.05) is 6.54 Å². The minimum absolute atomic E-state index is 0.265. The van der Waals surface area contributed by atoms with Crippen molar-refractivity contribution in [3.8, 4) is 0 Å². The molecule has 1 aromatic heterocycles. The number of nitrogens with one attached hydrogen (secondary N) is 1. The van der Waals surface area contributed by atoms with Crippen LogP contribution in [0.15, 0.2) is 30.1 Å². The average Bonchev–Trinajstić information content (AvgIpc) is 2.37. The van der Waals surface area contributed by atoms with Crippen molar-refractivity contribution in [1.29, 1.82) is 0 Å². The summed E-state index contributed by atoms with van der Waals surface area (Å²) in [6.45, 7) is 0.551. The molecule has 1 heterocycles. The van der Waals surface area contributed by atoms with Crippen LogP contribution in [-0.2, 0) is 0 Å². The van der Waals surface area contributed by atoms with E-state index in [0.717, 1.165) is 19.0 Å². The highest BCUT2D eigenvalue weighted by Crippen LogP contribution is 2.16. The van der Waals surface area contributed by atoms with E-state index in [9.17, 15) is 9.18 Å². The Hall–Kier alpha value is -1.71. The number of allylic oxidation sites excluding steroid dienone is 1. The molecular formula is C13H15FN2O. The van der Waals surface area contributed by atoms with Crippen LogP contribution in [0.1, 0.15) is 36.0 Å². The van der Waals surface area contributed by atoms with Gasteiger partial charge in [-0.05, 0) is 31.7 Å². The molecule has 1 amide bonds. The van der Waals surface area contributed by atoms with Gasteiger partial charge in [0, 0.05) is 12.7 Å². The first-order valence-electron chi connectivity index (χ1n) is 5.82. The predicted molar refractivity (Wildman–Crippen MR) is 63.1 cm³/mol. The van der Waals surface area contributed by atoms with E-state index in [-0.39, 0.29) is 11.5 Å². The Balaban J connectivity index is 1.91. The lowest BCUT2D eigenvalue weighted by molar-refractivity contribution is 0.0955.